The number of carboxylic acid groups (broad SMARTS) is 1. The first-order valence-electron chi connectivity index (χ1n) is 6.22. The van der Waals surface area contributed by atoms with Crippen molar-refractivity contribution in [3.8, 4) is 0 Å². The van der Waals surface area contributed by atoms with Gasteiger partial charge in [0, 0.05) is 11.8 Å². The molecule has 0 aliphatic carbocycles. The van der Waals surface area contributed by atoms with Crippen molar-refractivity contribution in [3.63, 3.8) is 0 Å². The van der Waals surface area contributed by atoms with Crippen molar-refractivity contribution in [1.82, 2.24) is 10.6 Å². The highest BCUT2D eigenvalue weighted by molar-refractivity contribution is 8.00. The Bertz CT molecular complexity index is 321. The van der Waals surface area contributed by atoms with E-state index in [1.54, 1.807) is 6.92 Å². The third kappa shape index (κ3) is 11.6. The molecule has 0 saturated carbocycles. The standard InChI is InChI=1S/C12H22N2O4S/c1-8(2)4-5-13-12(18)14-10(15)7-19-9(3)6-11(16)17/h8-9H,4-7H2,1-3H3,(H,16,17)(H2,13,14,15,18). The fourth-order valence-electron chi connectivity index (χ4n) is 1.20. The highest BCUT2D eigenvalue weighted by Gasteiger charge is 2.12. The van der Waals surface area contributed by atoms with Crippen LogP contribution in [-0.4, -0.2) is 40.6 Å². The molecule has 7 heteroatoms. The smallest absolute Gasteiger partial charge is 0.321 e. The Morgan fingerprint density at radius 3 is 2.37 bits per heavy atom. The van der Waals surface area contributed by atoms with Crippen LogP contribution in [0, 0.1) is 5.92 Å². The molecular formula is C12H22N2O4S. The number of carboxylic acids is 1. The molecule has 0 aliphatic rings. The van der Waals surface area contributed by atoms with Gasteiger partial charge in [0.2, 0.25) is 5.91 Å². The first-order chi connectivity index (χ1) is 8.81. The van der Waals surface area contributed by atoms with E-state index in [4.69, 9.17) is 5.11 Å². The number of hydrogen-bond donors (Lipinski definition) is 3. The summed E-state index contributed by atoms with van der Waals surface area (Å²) in [6.45, 7) is 6.35. The molecule has 1 atom stereocenters. The molecule has 1 unspecified atom stereocenters. The maximum Gasteiger partial charge on any atom is 0.321 e. The van der Waals surface area contributed by atoms with Crippen LogP contribution in [0.25, 0.3) is 0 Å². The zero-order chi connectivity index (χ0) is 14.8. The Morgan fingerprint density at radius 1 is 1.21 bits per heavy atom. The second kappa shape index (κ2) is 9.66. The predicted octanol–water partition coefficient (Wildman–Crippen LogP) is 1.45. The second-order valence-corrected chi connectivity index (χ2v) is 6.13. The Kier molecular flexibility index (Phi) is 9.03. The van der Waals surface area contributed by atoms with E-state index in [9.17, 15) is 14.4 Å². The molecule has 0 aromatic heterocycles. The van der Waals surface area contributed by atoms with Crippen LogP contribution >= 0.6 is 11.8 Å². The van der Waals surface area contributed by atoms with Crippen LogP contribution < -0.4 is 10.6 Å². The van der Waals surface area contributed by atoms with Gasteiger partial charge in [-0.3, -0.25) is 14.9 Å². The summed E-state index contributed by atoms with van der Waals surface area (Å²) in [5, 5.41) is 13.2. The fourth-order valence-corrected chi connectivity index (χ4v) is 1.97. The van der Waals surface area contributed by atoms with Crippen molar-refractivity contribution in [2.45, 2.75) is 38.9 Å². The van der Waals surface area contributed by atoms with Gasteiger partial charge in [0.15, 0.2) is 0 Å². The number of aliphatic carboxylic acids is 1. The number of hydrogen-bond acceptors (Lipinski definition) is 4. The Labute approximate surface area is 117 Å². The van der Waals surface area contributed by atoms with Crippen LogP contribution in [-0.2, 0) is 9.59 Å². The number of nitrogens with one attached hydrogen (secondary N) is 2. The van der Waals surface area contributed by atoms with E-state index < -0.39 is 17.9 Å². The molecule has 6 nitrogen and oxygen atoms in total. The Hall–Kier alpha value is -1.24. The SMILES string of the molecule is CC(C)CCNC(=O)NC(=O)CSC(C)CC(=O)O. The summed E-state index contributed by atoms with van der Waals surface area (Å²) in [7, 11) is 0. The molecule has 0 heterocycles. The highest BCUT2D eigenvalue weighted by Crippen LogP contribution is 2.13. The summed E-state index contributed by atoms with van der Waals surface area (Å²) >= 11 is 1.21. The Morgan fingerprint density at radius 2 is 1.84 bits per heavy atom. The van der Waals surface area contributed by atoms with Crippen LogP contribution in [0.2, 0.25) is 0 Å². The molecule has 0 aliphatic heterocycles. The third-order valence-corrected chi connectivity index (χ3v) is 3.39. The molecule has 0 fully saturated rings. The monoisotopic (exact) mass is 290 g/mol. The summed E-state index contributed by atoms with van der Waals surface area (Å²) in [4.78, 5) is 33.1. The van der Waals surface area contributed by atoms with Gasteiger partial charge in [0.25, 0.3) is 0 Å². The summed E-state index contributed by atoms with van der Waals surface area (Å²) in [5.74, 6) is -0.744. The average molecular weight is 290 g/mol. The molecule has 0 saturated heterocycles. The van der Waals surface area contributed by atoms with Gasteiger partial charge in [-0.2, -0.15) is 0 Å². The van der Waals surface area contributed by atoms with E-state index in [0.29, 0.717) is 12.5 Å². The number of amides is 3. The van der Waals surface area contributed by atoms with E-state index in [-0.39, 0.29) is 17.4 Å². The van der Waals surface area contributed by atoms with Gasteiger partial charge in [0.05, 0.1) is 12.2 Å². The summed E-state index contributed by atoms with van der Waals surface area (Å²) < 4.78 is 0. The number of carbonyl (C=O) groups is 3. The first-order valence-corrected chi connectivity index (χ1v) is 7.27. The topological polar surface area (TPSA) is 95.5 Å². The molecule has 0 spiro atoms. The van der Waals surface area contributed by atoms with E-state index >= 15 is 0 Å². The molecule has 3 amide bonds. The van der Waals surface area contributed by atoms with Crippen molar-refractivity contribution in [3.05, 3.63) is 0 Å². The normalized spacial score (nSPS) is 12.0. The van der Waals surface area contributed by atoms with Crippen LogP contribution in [0.4, 0.5) is 4.79 Å². The molecule has 110 valence electrons. The number of rotatable bonds is 8. The van der Waals surface area contributed by atoms with E-state index in [0.717, 1.165) is 6.42 Å². The molecule has 0 aromatic rings. The highest BCUT2D eigenvalue weighted by atomic mass is 32.2. The number of urea groups is 1. The van der Waals surface area contributed by atoms with Crippen molar-refractivity contribution < 1.29 is 19.5 Å². The summed E-state index contributed by atoms with van der Waals surface area (Å²) in [6.07, 6.45) is 0.852. The minimum absolute atomic E-state index is 0.00146. The number of thioether (sulfide) groups is 1. The van der Waals surface area contributed by atoms with Crippen molar-refractivity contribution in [1.29, 1.82) is 0 Å². The second-order valence-electron chi connectivity index (χ2n) is 4.71. The van der Waals surface area contributed by atoms with Crippen LogP contribution in [0.1, 0.15) is 33.6 Å². The van der Waals surface area contributed by atoms with Gasteiger partial charge < -0.3 is 10.4 Å². The van der Waals surface area contributed by atoms with E-state index in [1.165, 1.54) is 11.8 Å². The number of carbonyl (C=O) groups excluding carboxylic acids is 2. The molecule has 0 radical (unpaired) electrons. The summed E-state index contributed by atoms with van der Waals surface area (Å²) in [5.41, 5.74) is 0. The third-order valence-electron chi connectivity index (χ3n) is 2.22. The van der Waals surface area contributed by atoms with Crippen LogP contribution in [0.3, 0.4) is 0 Å². The lowest BCUT2D eigenvalue weighted by molar-refractivity contribution is -0.136. The lowest BCUT2D eigenvalue weighted by Gasteiger charge is -2.10. The quantitative estimate of drug-likeness (QED) is 0.629. The summed E-state index contributed by atoms with van der Waals surface area (Å²) in [6, 6.07) is -0.503. The van der Waals surface area contributed by atoms with Gasteiger partial charge in [-0.25, -0.2) is 4.79 Å². The maximum atomic E-state index is 11.4. The first kappa shape index (κ1) is 17.8. The van der Waals surface area contributed by atoms with Gasteiger partial charge >= 0.3 is 12.0 Å². The van der Waals surface area contributed by atoms with Crippen molar-refractivity contribution in [2.24, 2.45) is 5.92 Å². The largest absolute Gasteiger partial charge is 0.481 e. The van der Waals surface area contributed by atoms with Crippen molar-refractivity contribution in [2.75, 3.05) is 12.3 Å². The average Bonchev–Trinajstić information content (AvgIpc) is 2.24. The fraction of sp³-hybridized carbons (Fsp3) is 0.750. The van der Waals surface area contributed by atoms with E-state index in [2.05, 4.69) is 10.6 Å². The number of imide groups is 1. The predicted molar refractivity (Wildman–Crippen MR) is 75.2 cm³/mol. The maximum absolute atomic E-state index is 11.4. The molecular weight excluding hydrogens is 268 g/mol. The van der Waals surface area contributed by atoms with Crippen LogP contribution in [0.15, 0.2) is 0 Å². The zero-order valence-electron chi connectivity index (χ0n) is 11.6. The zero-order valence-corrected chi connectivity index (χ0v) is 12.4. The van der Waals surface area contributed by atoms with Gasteiger partial charge in [-0.1, -0.05) is 20.8 Å². The molecule has 0 bridgehead atoms. The van der Waals surface area contributed by atoms with E-state index in [1.807, 2.05) is 13.8 Å². The molecule has 0 aromatic carbocycles. The lowest BCUT2D eigenvalue weighted by Crippen LogP contribution is -2.41. The van der Waals surface area contributed by atoms with Gasteiger partial charge in [0.1, 0.15) is 0 Å². The van der Waals surface area contributed by atoms with Crippen molar-refractivity contribution >= 4 is 29.7 Å². The van der Waals surface area contributed by atoms with Crippen LogP contribution in [0.5, 0.6) is 0 Å². The Balaban J connectivity index is 3.73. The van der Waals surface area contributed by atoms with Gasteiger partial charge in [-0.05, 0) is 12.3 Å². The minimum atomic E-state index is -0.896. The van der Waals surface area contributed by atoms with Gasteiger partial charge in [-0.15, -0.1) is 11.8 Å². The molecule has 3 N–H and O–H groups in total. The lowest BCUT2D eigenvalue weighted by atomic mass is 10.1. The molecule has 0 rings (SSSR count). The minimum Gasteiger partial charge on any atom is -0.481 e. The molecule has 19 heavy (non-hydrogen) atoms.